The Bertz CT molecular complexity index is 1340. The highest BCUT2D eigenvalue weighted by molar-refractivity contribution is 5.75. The Hall–Kier alpha value is -3.61. The van der Waals surface area contributed by atoms with Gasteiger partial charge in [-0.15, -0.1) is 0 Å². The molecule has 4 rings (SSSR count). The second-order valence-electron chi connectivity index (χ2n) is 7.22. The molecule has 0 atom stereocenters. The Kier molecular flexibility index (Phi) is 5.50. The average Bonchev–Trinajstić information content (AvgIpc) is 2.74. The van der Waals surface area contributed by atoms with E-state index in [-0.39, 0.29) is 22.3 Å². The molecule has 0 unspecified atom stereocenters. The Balaban J connectivity index is 1.77. The molecule has 0 aliphatic rings. The van der Waals surface area contributed by atoms with Gasteiger partial charge >= 0.3 is 0 Å². The van der Waals surface area contributed by atoms with Crippen LogP contribution in [0.5, 0.6) is 0 Å². The fourth-order valence-corrected chi connectivity index (χ4v) is 3.45. The molecule has 0 radical (unpaired) electrons. The molecular weight excluding hydrogens is 433 g/mol. The fraction of sp³-hybridized carbons (Fsp3) is 0.0400. The molecule has 0 N–H and O–H groups in total. The molecule has 0 aliphatic heterocycles. The second kappa shape index (κ2) is 8.15. The molecule has 4 aromatic rings. The van der Waals surface area contributed by atoms with Gasteiger partial charge in [-0.2, -0.15) is 0 Å². The van der Waals surface area contributed by atoms with Crippen molar-refractivity contribution in [2.75, 3.05) is 0 Å². The molecule has 0 amide bonds. The summed E-state index contributed by atoms with van der Waals surface area (Å²) in [5, 5.41) is 0. The number of rotatable bonds is 3. The summed E-state index contributed by atoms with van der Waals surface area (Å²) in [7, 11) is 0. The van der Waals surface area contributed by atoms with Crippen LogP contribution in [0.25, 0.3) is 33.4 Å². The lowest BCUT2D eigenvalue weighted by Crippen LogP contribution is -1.97. The summed E-state index contributed by atoms with van der Waals surface area (Å²) in [5.74, 6) is -9.14. The van der Waals surface area contributed by atoms with Crippen LogP contribution in [0.1, 0.15) is 5.56 Å². The van der Waals surface area contributed by atoms with E-state index in [4.69, 9.17) is 0 Å². The highest BCUT2D eigenvalue weighted by atomic mass is 19.2. The first-order valence-corrected chi connectivity index (χ1v) is 9.36. The molecule has 4 aromatic carbocycles. The van der Waals surface area contributed by atoms with Gasteiger partial charge in [-0.1, -0.05) is 36.4 Å². The van der Waals surface area contributed by atoms with Crippen molar-refractivity contribution >= 4 is 0 Å². The third-order valence-corrected chi connectivity index (χ3v) is 5.07. The van der Waals surface area contributed by atoms with Gasteiger partial charge in [0.15, 0.2) is 29.1 Å². The summed E-state index contributed by atoms with van der Waals surface area (Å²) in [5.41, 5.74) is -0.629. The van der Waals surface area contributed by atoms with Gasteiger partial charge in [0.25, 0.3) is 0 Å². The summed E-state index contributed by atoms with van der Waals surface area (Å²) in [4.78, 5) is 0. The molecule has 0 saturated carbocycles. The van der Waals surface area contributed by atoms with E-state index in [1.165, 1.54) is 24.3 Å². The lowest BCUT2D eigenvalue weighted by atomic mass is 9.96. The van der Waals surface area contributed by atoms with Crippen LogP contribution in [0.2, 0.25) is 0 Å². The van der Waals surface area contributed by atoms with Crippen molar-refractivity contribution in [2.45, 2.75) is 6.92 Å². The molecule has 0 heterocycles. The highest BCUT2D eigenvalue weighted by Crippen LogP contribution is 2.35. The van der Waals surface area contributed by atoms with E-state index in [1.54, 1.807) is 13.0 Å². The summed E-state index contributed by atoms with van der Waals surface area (Å²) in [6, 6.07) is 11.0. The highest BCUT2D eigenvalue weighted by Gasteiger charge is 2.20. The first-order valence-electron chi connectivity index (χ1n) is 9.36. The molecule has 7 heteroatoms. The Labute approximate surface area is 178 Å². The third-order valence-electron chi connectivity index (χ3n) is 5.07. The third kappa shape index (κ3) is 3.75. The normalized spacial score (nSPS) is 11.1. The van der Waals surface area contributed by atoms with Crippen molar-refractivity contribution in [3.05, 3.63) is 107 Å². The maximum Gasteiger partial charge on any atom is 0.194 e. The van der Waals surface area contributed by atoms with Crippen LogP contribution in [0, 0.1) is 47.6 Å². The van der Waals surface area contributed by atoms with Crippen LogP contribution < -0.4 is 0 Å². The molecule has 0 aliphatic carbocycles. The number of hydrogen-bond donors (Lipinski definition) is 0. The van der Waals surface area contributed by atoms with Crippen LogP contribution in [-0.2, 0) is 0 Å². The van der Waals surface area contributed by atoms with Gasteiger partial charge < -0.3 is 0 Å². The van der Waals surface area contributed by atoms with Crippen molar-refractivity contribution in [2.24, 2.45) is 0 Å². The quantitative estimate of drug-likeness (QED) is 0.221. The average molecular weight is 446 g/mol. The zero-order chi connectivity index (χ0) is 23.2. The van der Waals surface area contributed by atoms with Gasteiger partial charge in [0.05, 0.1) is 0 Å². The number of benzene rings is 4. The lowest BCUT2D eigenvalue weighted by molar-refractivity contribution is 0.447. The zero-order valence-electron chi connectivity index (χ0n) is 16.4. The minimum Gasteiger partial charge on any atom is -0.206 e. The van der Waals surface area contributed by atoms with Gasteiger partial charge in [-0.25, -0.2) is 30.7 Å². The molecular formula is C25H13F7. The van der Waals surface area contributed by atoms with E-state index in [9.17, 15) is 30.7 Å². The van der Waals surface area contributed by atoms with Crippen molar-refractivity contribution in [3.63, 3.8) is 0 Å². The molecule has 0 spiro atoms. The summed E-state index contributed by atoms with van der Waals surface area (Å²) < 4.78 is 98.4. The summed E-state index contributed by atoms with van der Waals surface area (Å²) in [6.07, 6.45) is 0. The van der Waals surface area contributed by atoms with Crippen LogP contribution in [-0.4, -0.2) is 0 Å². The van der Waals surface area contributed by atoms with Crippen LogP contribution in [0.3, 0.4) is 0 Å². The van der Waals surface area contributed by atoms with E-state index >= 15 is 0 Å². The molecule has 0 saturated heterocycles. The topological polar surface area (TPSA) is 0 Å². The smallest absolute Gasteiger partial charge is 0.194 e. The number of halogens is 7. The fourth-order valence-electron chi connectivity index (χ4n) is 3.45. The van der Waals surface area contributed by atoms with Crippen LogP contribution >= 0.6 is 0 Å². The van der Waals surface area contributed by atoms with Gasteiger partial charge in [-0.3, -0.25) is 0 Å². The maximum atomic E-state index is 14.8. The molecule has 162 valence electrons. The predicted molar refractivity (Wildman–Crippen MR) is 107 cm³/mol. The SMILES string of the molecule is Cc1ccc(-c2ccc(-c3ccc(-c4cc(F)c(F)c(F)c4)c(F)c3F)cc2F)c(F)c1. The monoisotopic (exact) mass is 446 g/mol. The maximum absolute atomic E-state index is 14.8. The van der Waals surface area contributed by atoms with Gasteiger partial charge in [0.2, 0.25) is 0 Å². The predicted octanol–water partition coefficient (Wildman–Crippen LogP) is 7.97. The number of hydrogen-bond acceptors (Lipinski definition) is 0. The largest absolute Gasteiger partial charge is 0.206 e. The van der Waals surface area contributed by atoms with Crippen molar-refractivity contribution < 1.29 is 30.7 Å². The Morgan fingerprint density at radius 3 is 1.38 bits per heavy atom. The number of aryl methyl sites for hydroxylation is 1. The Morgan fingerprint density at radius 2 is 0.844 bits per heavy atom. The van der Waals surface area contributed by atoms with Gasteiger partial charge in [0, 0.05) is 22.3 Å². The standard InChI is InChI=1S/C25H13F7/c1-12-2-4-17(19(26)8-12)18-5-3-13(9-20(18)27)15-6-7-16(24(31)23(15)30)14-10-21(28)25(32)22(29)11-14/h2-11H,1H3. The van der Waals surface area contributed by atoms with Crippen LogP contribution in [0.15, 0.2) is 60.7 Å². The van der Waals surface area contributed by atoms with E-state index in [2.05, 4.69) is 0 Å². The molecule has 32 heavy (non-hydrogen) atoms. The van der Waals surface area contributed by atoms with E-state index in [0.29, 0.717) is 17.7 Å². The second-order valence-corrected chi connectivity index (χ2v) is 7.22. The molecule has 0 nitrogen and oxygen atoms in total. The molecule has 0 fully saturated rings. The minimum atomic E-state index is -1.73. The van der Waals surface area contributed by atoms with Crippen molar-refractivity contribution in [1.29, 1.82) is 0 Å². The molecule has 0 aromatic heterocycles. The van der Waals surface area contributed by atoms with Gasteiger partial charge in [0.1, 0.15) is 11.6 Å². The minimum absolute atomic E-state index is 0.0158. The van der Waals surface area contributed by atoms with E-state index in [0.717, 1.165) is 18.2 Å². The van der Waals surface area contributed by atoms with Crippen LogP contribution in [0.4, 0.5) is 30.7 Å². The van der Waals surface area contributed by atoms with Crippen molar-refractivity contribution in [1.82, 2.24) is 0 Å². The van der Waals surface area contributed by atoms with Gasteiger partial charge in [-0.05, 0) is 47.9 Å². The first-order chi connectivity index (χ1) is 15.2. The summed E-state index contributed by atoms with van der Waals surface area (Å²) >= 11 is 0. The van der Waals surface area contributed by atoms with Crippen molar-refractivity contribution in [3.8, 4) is 33.4 Å². The molecule has 0 bridgehead atoms. The lowest BCUT2D eigenvalue weighted by Gasteiger charge is -2.12. The van der Waals surface area contributed by atoms with E-state index in [1.807, 2.05) is 0 Å². The van der Waals surface area contributed by atoms with E-state index < -0.39 is 51.8 Å². The first kappa shape index (κ1) is 21.6. The summed E-state index contributed by atoms with van der Waals surface area (Å²) in [6.45, 7) is 1.68. The zero-order valence-corrected chi connectivity index (χ0v) is 16.4. The Morgan fingerprint density at radius 1 is 0.406 bits per heavy atom.